The SMILES string of the molecule is Cl.Cl.NCC1CCCN(C(=O)c2nccc3ccccc23)C1. The Morgan fingerprint density at radius 1 is 1.27 bits per heavy atom. The molecule has 1 saturated heterocycles. The number of nitrogens with zero attached hydrogens (tertiary/aromatic N) is 2. The van der Waals surface area contributed by atoms with Gasteiger partial charge >= 0.3 is 0 Å². The first-order valence-corrected chi connectivity index (χ1v) is 7.12. The van der Waals surface area contributed by atoms with Crippen LogP contribution in [0, 0.1) is 5.92 Å². The predicted octanol–water partition coefficient (Wildman–Crippen LogP) is 2.89. The molecular weight excluding hydrogens is 321 g/mol. The van der Waals surface area contributed by atoms with Crippen molar-refractivity contribution in [3.63, 3.8) is 0 Å². The molecule has 1 fully saturated rings. The fraction of sp³-hybridized carbons (Fsp3) is 0.375. The molecule has 1 unspecified atom stereocenters. The number of hydrogen-bond acceptors (Lipinski definition) is 3. The average molecular weight is 342 g/mol. The summed E-state index contributed by atoms with van der Waals surface area (Å²) < 4.78 is 0. The average Bonchev–Trinajstić information content (AvgIpc) is 2.53. The van der Waals surface area contributed by atoms with E-state index in [9.17, 15) is 4.79 Å². The molecule has 1 aliphatic rings. The van der Waals surface area contributed by atoms with Gasteiger partial charge in [0.05, 0.1) is 0 Å². The number of fused-ring (bicyclic) bond motifs is 1. The van der Waals surface area contributed by atoms with Gasteiger partial charge in [-0.2, -0.15) is 0 Å². The van der Waals surface area contributed by atoms with Crippen LogP contribution >= 0.6 is 24.8 Å². The van der Waals surface area contributed by atoms with Gasteiger partial charge in [0.15, 0.2) is 0 Å². The lowest BCUT2D eigenvalue weighted by Crippen LogP contribution is -2.42. The number of amides is 1. The van der Waals surface area contributed by atoms with Gasteiger partial charge in [-0.15, -0.1) is 24.8 Å². The number of carbonyl (C=O) groups excluding carboxylic acids is 1. The van der Waals surface area contributed by atoms with Crippen molar-refractivity contribution in [3.8, 4) is 0 Å². The number of benzene rings is 1. The van der Waals surface area contributed by atoms with Crippen LogP contribution in [0.3, 0.4) is 0 Å². The lowest BCUT2D eigenvalue weighted by atomic mass is 9.97. The standard InChI is InChI=1S/C16H19N3O.2ClH/c17-10-12-4-3-9-19(11-12)16(20)15-14-6-2-1-5-13(14)7-8-18-15;;/h1-2,5-8,12H,3-4,9-11,17H2;2*1H. The highest BCUT2D eigenvalue weighted by molar-refractivity contribution is 6.05. The van der Waals surface area contributed by atoms with E-state index < -0.39 is 0 Å². The number of halogens is 2. The topological polar surface area (TPSA) is 59.2 Å². The highest BCUT2D eigenvalue weighted by Crippen LogP contribution is 2.21. The Balaban J connectivity index is 0.00000121. The van der Waals surface area contributed by atoms with Crippen LogP contribution in [0.4, 0.5) is 0 Å². The lowest BCUT2D eigenvalue weighted by molar-refractivity contribution is 0.0674. The molecular formula is C16H21Cl2N3O. The zero-order chi connectivity index (χ0) is 13.9. The summed E-state index contributed by atoms with van der Waals surface area (Å²) in [6.07, 6.45) is 3.85. The number of aromatic nitrogens is 1. The molecule has 0 saturated carbocycles. The van der Waals surface area contributed by atoms with Crippen LogP contribution in [0.1, 0.15) is 23.3 Å². The first-order valence-electron chi connectivity index (χ1n) is 7.12. The summed E-state index contributed by atoms with van der Waals surface area (Å²) in [7, 11) is 0. The maximum absolute atomic E-state index is 12.7. The monoisotopic (exact) mass is 341 g/mol. The summed E-state index contributed by atoms with van der Waals surface area (Å²) in [6.45, 7) is 2.20. The van der Waals surface area contributed by atoms with Crippen LogP contribution < -0.4 is 5.73 Å². The van der Waals surface area contributed by atoms with Crippen molar-refractivity contribution in [3.05, 3.63) is 42.2 Å². The number of likely N-dealkylation sites (tertiary alicyclic amines) is 1. The minimum Gasteiger partial charge on any atom is -0.337 e. The van der Waals surface area contributed by atoms with E-state index in [4.69, 9.17) is 5.73 Å². The number of nitrogens with two attached hydrogens (primary N) is 1. The van der Waals surface area contributed by atoms with Crippen LogP contribution in [0.25, 0.3) is 10.8 Å². The van der Waals surface area contributed by atoms with E-state index >= 15 is 0 Å². The number of carbonyl (C=O) groups is 1. The minimum absolute atomic E-state index is 0. The molecule has 1 atom stereocenters. The van der Waals surface area contributed by atoms with Gasteiger partial charge in [-0.05, 0) is 36.8 Å². The van der Waals surface area contributed by atoms with E-state index in [1.54, 1.807) is 6.20 Å². The van der Waals surface area contributed by atoms with Gasteiger partial charge in [-0.1, -0.05) is 24.3 Å². The summed E-state index contributed by atoms with van der Waals surface area (Å²) in [4.78, 5) is 18.9. The molecule has 3 rings (SSSR count). The highest BCUT2D eigenvalue weighted by Gasteiger charge is 2.25. The molecule has 1 aliphatic heterocycles. The second-order valence-electron chi connectivity index (χ2n) is 5.38. The van der Waals surface area contributed by atoms with E-state index in [1.807, 2.05) is 35.2 Å². The molecule has 1 aromatic carbocycles. The summed E-state index contributed by atoms with van der Waals surface area (Å²) in [5.74, 6) is 0.447. The Morgan fingerprint density at radius 2 is 2.05 bits per heavy atom. The van der Waals surface area contributed by atoms with Crippen molar-refractivity contribution < 1.29 is 4.79 Å². The molecule has 1 aromatic heterocycles. The molecule has 0 spiro atoms. The first-order chi connectivity index (χ1) is 9.79. The third-order valence-electron chi connectivity index (χ3n) is 4.02. The largest absolute Gasteiger partial charge is 0.337 e. The summed E-state index contributed by atoms with van der Waals surface area (Å²) in [5.41, 5.74) is 6.30. The Hall–Kier alpha value is -1.36. The molecule has 2 aromatic rings. The van der Waals surface area contributed by atoms with Crippen LogP contribution in [0.2, 0.25) is 0 Å². The molecule has 22 heavy (non-hydrogen) atoms. The number of pyridine rings is 1. The fourth-order valence-corrected chi connectivity index (χ4v) is 2.88. The van der Waals surface area contributed by atoms with E-state index in [-0.39, 0.29) is 30.7 Å². The van der Waals surface area contributed by atoms with Gasteiger partial charge < -0.3 is 10.6 Å². The smallest absolute Gasteiger partial charge is 0.273 e. The van der Waals surface area contributed by atoms with Gasteiger partial charge in [0.25, 0.3) is 5.91 Å². The summed E-state index contributed by atoms with van der Waals surface area (Å²) in [6, 6.07) is 9.82. The quantitative estimate of drug-likeness (QED) is 0.913. The Bertz CT molecular complexity index is 630. The summed E-state index contributed by atoms with van der Waals surface area (Å²) in [5, 5.41) is 1.98. The van der Waals surface area contributed by atoms with Crippen LogP contribution in [-0.4, -0.2) is 35.4 Å². The van der Waals surface area contributed by atoms with Crippen LogP contribution in [0.5, 0.6) is 0 Å². The zero-order valence-corrected chi connectivity index (χ0v) is 13.9. The maximum Gasteiger partial charge on any atom is 0.273 e. The fourth-order valence-electron chi connectivity index (χ4n) is 2.88. The molecule has 2 N–H and O–H groups in total. The van der Waals surface area contributed by atoms with E-state index in [1.165, 1.54) is 0 Å². The normalized spacial score (nSPS) is 17.5. The molecule has 6 heteroatoms. The Labute approximate surface area is 142 Å². The third-order valence-corrected chi connectivity index (χ3v) is 4.02. The van der Waals surface area contributed by atoms with Gasteiger partial charge in [0.2, 0.25) is 0 Å². The number of hydrogen-bond donors (Lipinski definition) is 1. The van der Waals surface area contributed by atoms with Crippen molar-refractivity contribution in [1.82, 2.24) is 9.88 Å². The second-order valence-corrected chi connectivity index (χ2v) is 5.38. The molecule has 0 radical (unpaired) electrons. The van der Waals surface area contributed by atoms with Crippen molar-refractivity contribution >= 4 is 41.5 Å². The van der Waals surface area contributed by atoms with Crippen molar-refractivity contribution in [2.45, 2.75) is 12.8 Å². The van der Waals surface area contributed by atoms with Gasteiger partial charge in [-0.3, -0.25) is 9.78 Å². The third kappa shape index (κ3) is 3.69. The lowest BCUT2D eigenvalue weighted by Gasteiger charge is -2.32. The highest BCUT2D eigenvalue weighted by atomic mass is 35.5. The molecule has 2 heterocycles. The van der Waals surface area contributed by atoms with E-state index in [0.717, 1.165) is 36.7 Å². The summed E-state index contributed by atoms with van der Waals surface area (Å²) >= 11 is 0. The minimum atomic E-state index is 0. The number of piperidine rings is 1. The molecule has 120 valence electrons. The molecule has 1 amide bonds. The van der Waals surface area contributed by atoms with Crippen LogP contribution in [0.15, 0.2) is 36.5 Å². The molecule has 0 aliphatic carbocycles. The van der Waals surface area contributed by atoms with Gasteiger partial charge in [0.1, 0.15) is 5.69 Å². The molecule has 0 bridgehead atoms. The van der Waals surface area contributed by atoms with Crippen molar-refractivity contribution in [2.24, 2.45) is 11.7 Å². The Kier molecular flexibility index (Phi) is 7.07. The predicted molar refractivity (Wildman–Crippen MR) is 93.9 cm³/mol. The zero-order valence-electron chi connectivity index (χ0n) is 12.3. The Morgan fingerprint density at radius 3 is 2.82 bits per heavy atom. The first kappa shape index (κ1) is 18.7. The van der Waals surface area contributed by atoms with E-state index in [2.05, 4.69) is 4.98 Å². The maximum atomic E-state index is 12.7. The second kappa shape index (κ2) is 8.32. The van der Waals surface area contributed by atoms with Crippen molar-refractivity contribution in [1.29, 1.82) is 0 Å². The van der Waals surface area contributed by atoms with Crippen molar-refractivity contribution in [2.75, 3.05) is 19.6 Å². The van der Waals surface area contributed by atoms with E-state index in [0.29, 0.717) is 18.2 Å². The van der Waals surface area contributed by atoms with Gasteiger partial charge in [0, 0.05) is 24.7 Å². The molecule has 4 nitrogen and oxygen atoms in total. The number of rotatable bonds is 2. The van der Waals surface area contributed by atoms with Gasteiger partial charge in [-0.25, -0.2) is 0 Å². The van der Waals surface area contributed by atoms with Crippen LogP contribution in [-0.2, 0) is 0 Å².